The number of nitrogens with one attached hydrogen (secondary N) is 1. The van der Waals surface area contributed by atoms with Crippen LogP contribution < -0.4 is 4.72 Å². The van der Waals surface area contributed by atoms with Crippen LogP contribution in [0.5, 0.6) is 0 Å². The fourth-order valence-corrected chi connectivity index (χ4v) is 3.42. The molecule has 0 saturated heterocycles. The van der Waals surface area contributed by atoms with Gasteiger partial charge < -0.3 is 0 Å². The van der Waals surface area contributed by atoms with Gasteiger partial charge in [0.1, 0.15) is 6.04 Å². The number of sulfonamides is 1. The van der Waals surface area contributed by atoms with Crippen molar-refractivity contribution in [3.8, 4) is 6.07 Å². The first-order chi connectivity index (χ1) is 10.4. The molecular formula is C17H18N2O2S. The van der Waals surface area contributed by atoms with E-state index < -0.39 is 16.1 Å². The van der Waals surface area contributed by atoms with Crippen molar-refractivity contribution in [2.45, 2.75) is 25.6 Å². The molecule has 0 bridgehead atoms. The van der Waals surface area contributed by atoms with Gasteiger partial charge in [-0.2, -0.15) is 9.98 Å². The second-order valence-corrected chi connectivity index (χ2v) is 7.09. The zero-order chi connectivity index (χ0) is 16.2. The molecule has 22 heavy (non-hydrogen) atoms. The number of rotatable bonds is 5. The van der Waals surface area contributed by atoms with E-state index in [1.165, 1.54) is 0 Å². The normalized spacial score (nSPS) is 12.6. The van der Waals surface area contributed by atoms with E-state index in [2.05, 4.69) is 4.72 Å². The molecule has 2 aromatic rings. The molecule has 0 amide bonds. The van der Waals surface area contributed by atoms with E-state index in [0.29, 0.717) is 11.1 Å². The van der Waals surface area contributed by atoms with Crippen LogP contribution in [0, 0.1) is 25.2 Å². The molecule has 0 heterocycles. The molecular weight excluding hydrogens is 296 g/mol. The van der Waals surface area contributed by atoms with Gasteiger partial charge in [0.05, 0.1) is 11.8 Å². The van der Waals surface area contributed by atoms with Crippen LogP contribution in [-0.4, -0.2) is 8.42 Å². The summed E-state index contributed by atoms with van der Waals surface area (Å²) in [5.74, 6) is -0.140. The molecule has 114 valence electrons. The third-order valence-corrected chi connectivity index (χ3v) is 4.58. The summed E-state index contributed by atoms with van der Waals surface area (Å²) in [7, 11) is -3.59. The highest BCUT2D eigenvalue weighted by Crippen LogP contribution is 2.16. The quantitative estimate of drug-likeness (QED) is 0.922. The van der Waals surface area contributed by atoms with E-state index in [0.717, 1.165) is 11.1 Å². The van der Waals surface area contributed by atoms with Crippen molar-refractivity contribution in [1.29, 1.82) is 5.26 Å². The molecule has 0 aliphatic heterocycles. The third kappa shape index (κ3) is 4.42. The van der Waals surface area contributed by atoms with Gasteiger partial charge in [-0.05, 0) is 25.0 Å². The molecule has 1 atom stereocenters. The maximum absolute atomic E-state index is 12.3. The molecule has 5 heteroatoms. The van der Waals surface area contributed by atoms with E-state index in [1.54, 1.807) is 18.2 Å². The van der Waals surface area contributed by atoms with Gasteiger partial charge in [0.15, 0.2) is 0 Å². The Morgan fingerprint density at radius 1 is 1.09 bits per heavy atom. The second-order valence-electron chi connectivity index (χ2n) is 5.34. The SMILES string of the molecule is Cc1ccc(C(C#N)NS(=O)(=O)Cc2cccc(C)c2)cc1. The average molecular weight is 314 g/mol. The molecule has 0 aliphatic rings. The predicted molar refractivity (Wildman–Crippen MR) is 86.5 cm³/mol. The Labute approximate surface area is 131 Å². The molecule has 2 aromatic carbocycles. The summed E-state index contributed by atoms with van der Waals surface area (Å²) in [4.78, 5) is 0. The Kier molecular flexibility index (Phi) is 4.96. The molecule has 0 aromatic heterocycles. The van der Waals surface area contributed by atoms with Gasteiger partial charge in [-0.25, -0.2) is 8.42 Å². The minimum Gasteiger partial charge on any atom is -0.212 e. The van der Waals surface area contributed by atoms with Crippen LogP contribution in [0.3, 0.4) is 0 Å². The lowest BCUT2D eigenvalue weighted by Crippen LogP contribution is -2.29. The number of benzene rings is 2. The monoisotopic (exact) mass is 314 g/mol. The van der Waals surface area contributed by atoms with E-state index in [1.807, 2.05) is 50.2 Å². The molecule has 4 nitrogen and oxygen atoms in total. The summed E-state index contributed by atoms with van der Waals surface area (Å²) < 4.78 is 27.0. The van der Waals surface area contributed by atoms with Crippen LogP contribution in [0.15, 0.2) is 48.5 Å². The summed E-state index contributed by atoms with van der Waals surface area (Å²) in [5.41, 5.74) is 3.40. The van der Waals surface area contributed by atoms with Gasteiger partial charge in [-0.3, -0.25) is 0 Å². The molecule has 0 saturated carbocycles. The minimum atomic E-state index is -3.59. The smallest absolute Gasteiger partial charge is 0.212 e. The summed E-state index contributed by atoms with van der Waals surface area (Å²) in [6.07, 6.45) is 0. The van der Waals surface area contributed by atoms with E-state index >= 15 is 0 Å². The molecule has 0 aliphatic carbocycles. The fraction of sp³-hybridized carbons (Fsp3) is 0.235. The predicted octanol–water partition coefficient (Wildman–Crippen LogP) is 2.99. The largest absolute Gasteiger partial charge is 0.217 e. The molecule has 2 rings (SSSR count). The van der Waals surface area contributed by atoms with Crippen molar-refractivity contribution in [2.75, 3.05) is 0 Å². The van der Waals surface area contributed by atoms with E-state index in [-0.39, 0.29) is 5.75 Å². The van der Waals surface area contributed by atoms with Gasteiger partial charge in [-0.1, -0.05) is 59.7 Å². The van der Waals surface area contributed by atoms with Crippen molar-refractivity contribution < 1.29 is 8.42 Å². The Morgan fingerprint density at radius 2 is 1.77 bits per heavy atom. The maximum atomic E-state index is 12.3. The van der Waals surface area contributed by atoms with Crippen LogP contribution in [0.4, 0.5) is 0 Å². The number of nitriles is 1. The standard InChI is InChI=1S/C17H18N2O2S/c1-13-6-8-16(9-7-13)17(11-18)19-22(20,21)12-15-5-3-4-14(2)10-15/h3-10,17,19H,12H2,1-2H3. The summed E-state index contributed by atoms with van der Waals surface area (Å²) in [6.45, 7) is 3.85. The molecule has 0 radical (unpaired) electrons. The van der Waals surface area contributed by atoms with Gasteiger partial charge in [-0.15, -0.1) is 0 Å². The highest BCUT2D eigenvalue weighted by Gasteiger charge is 2.19. The van der Waals surface area contributed by atoms with Crippen molar-refractivity contribution in [3.63, 3.8) is 0 Å². The van der Waals surface area contributed by atoms with Crippen LogP contribution in [0.2, 0.25) is 0 Å². The topological polar surface area (TPSA) is 70.0 Å². The van der Waals surface area contributed by atoms with Gasteiger partial charge >= 0.3 is 0 Å². The lowest BCUT2D eigenvalue weighted by molar-refractivity contribution is 0.574. The zero-order valence-electron chi connectivity index (χ0n) is 12.6. The summed E-state index contributed by atoms with van der Waals surface area (Å²) in [6, 6.07) is 15.7. The van der Waals surface area contributed by atoms with Crippen molar-refractivity contribution in [3.05, 3.63) is 70.8 Å². The fourth-order valence-electron chi connectivity index (χ4n) is 2.17. The molecule has 1 N–H and O–H groups in total. The Balaban J connectivity index is 2.16. The lowest BCUT2D eigenvalue weighted by atomic mass is 10.1. The van der Waals surface area contributed by atoms with Gasteiger partial charge in [0.2, 0.25) is 10.0 Å². The first-order valence-electron chi connectivity index (χ1n) is 6.91. The van der Waals surface area contributed by atoms with Crippen molar-refractivity contribution in [2.24, 2.45) is 0 Å². The Bertz CT molecular complexity index is 790. The minimum absolute atomic E-state index is 0.140. The maximum Gasteiger partial charge on any atom is 0.217 e. The van der Waals surface area contributed by atoms with Gasteiger partial charge in [0.25, 0.3) is 0 Å². The number of aryl methyl sites for hydroxylation is 2. The zero-order valence-corrected chi connectivity index (χ0v) is 13.4. The van der Waals surface area contributed by atoms with Crippen LogP contribution >= 0.6 is 0 Å². The first kappa shape index (κ1) is 16.2. The van der Waals surface area contributed by atoms with E-state index in [4.69, 9.17) is 0 Å². The van der Waals surface area contributed by atoms with E-state index in [9.17, 15) is 13.7 Å². The second kappa shape index (κ2) is 6.73. The van der Waals surface area contributed by atoms with Crippen molar-refractivity contribution in [1.82, 2.24) is 4.72 Å². The van der Waals surface area contributed by atoms with Crippen LogP contribution in [0.1, 0.15) is 28.3 Å². The Hall–Kier alpha value is -2.16. The summed E-state index contributed by atoms with van der Waals surface area (Å²) >= 11 is 0. The third-order valence-electron chi connectivity index (χ3n) is 3.28. The molecule has 1 unspecified atom stereocenters. The van der Waals surface area contributed by atoms with Crippen molar-refractivity contribution >= 4 is 10.0 Å². The number of nitrogens with zero attached hydrogens (tertiary/aromatic N) is 1. The van der Waals surface area contributed by atoms with Crippen LogP contribution in [0.25, 0.3) is 0 Å². The number of hydrogen-bond donors (Lipinski definition) is 1. The first-order valence-corrected chi connectivity index (χ1v) is 8.56. The molecule has 0 fully saturated rings. The lowest BCUT2D eigenvalue weighted by Gasteiger charge is -2.13. The number of hydrogen-bond acceptors (Lipinski definition) is 3. The Morgan fingerprint density at radius 3 is 2.36 bits per heavy atom. The highest BCUT2D eigenvalue weighted by atomic mass is 32.2. The highest BCUT2D eigenvalue weighted by molar-refractivity contribution is 7.88. The van der Waals surface area contributed by atoms with Gasteiger partial charge in [0, 0.05) is 0 Å². The summed E-state index contributed by atoms with van der Waals surface area (Å²) in [5, 5.41) is 9.25. The molecule has 0 spiro atoms. The van der Waals surface area contributed by atoms with Crippen LogP contribution in [-0.2, 0) is 15.8 Å². The average Bonchev–Trinajstić information content (AvgIpc) is 2.45.